The van der Waals surface area contributed by atoms with Gasteiger partial charge in [0.05, 0.1) is 0 Å². The SMILES string of the molecule is C=CC1CCC(C2CCC([SiH2]CCC)CC2)CC1. The minimum Gasteiger partial charge on any atom is -0.103 e. The molecule has 104 valence electrons. The maximum atomic E-state index is 3.96. The smallest absolute Gasteiger partial charge is 0.0231 e. The summed E-state index contributed by atoms with van der Waals surface area (Å²) in [6.45, 7) is 6.32. The molecule has 2 rings (SSSR count). The Balaban J connectivity index is 1.68. The highest BCUT2D eigenvalue weighted by atomic mass is 28.2. The lowest BCUT2D eigenvalue weighted by Crippen LogP contribution is -2.25. The van der Waals surface area contributed by atoms with Gasteiger partial charge >= 0.3 is 0 Å². The minimum atomic E-state index is 0.289. The molecule has 0 bridgehead atoms. The van der Waals surface area contributed by atoms with Crippen molar-refractivity contribution in [1.82, 2.24) is 0 Å². The molecule has 0 N–H and O–H groups in total. The van der Waals surface area contributed by atoms with Crippen molar-refractivity contribution >= 4 is 9.52 Å². The topological polar surface area (TPSA) is 0 Å². The first kappa shape index (κ1) is 14.4. The van der Waals surface area contributed by atoms with Gasteiger partial charge in [0, 0.05) is 9.52 Å². The second-order valence-electron chi connectivity index (χ2n) is 6.83. The molecule has 0 atom stereocenters. The molecule has 2 fully saturated rings. The van der Waals surface area contributed by atoms with Gasteiger partial charge in [-0.1, -0.05) is 56.7 Å². The average molecular weight is 265 g/mol. The van der Waals surface area contributed by atoms with Crippen LogP contribution in [0.4, 0.5) is 0 Å². The predicted molar refractivity (Wildman–Crippen MR) is 85.0 cm³/mol. The normalized spacial score (nSPS) is 38.1. The van der Waals surface area contributed by atoms with Gasteiger partial charge in [-0.3, -0.25) is 0 Å². The van der Waals surface area contributed by atoms with Crippen LogP contribution in [0.3, 0.4) is 0 Å². The molecule has 0 nitrogen and oxygen atoms in total. The van der Waals surface area contributed by atoms with E-state index in [-0.39, 0.29) is 9.52 Å². The lowest BCUT2D eigenvalue weighted by molar-refractivity contribution is 0.180. The summed E-state index contributed by atoms with van der Waals surface area (Å²) >= 11 is 0. The van der Waals surface area contributed by atoms with Crippen molar-refractivity contribution in [2.24, 2.45) is 17.8 Å². The molecule has 0 saturated heterocycles. The molecule has 18 heavy (non-hydrogen) atoms. The molecule has 2 saturated carbocycles. The van der Waals surface area contributed by atoms with E-state index >= 15 is 0 Å². The van der Waals surface area contributed by atoms with Gasteiger partial charge in [-0.2, -0.15) is 0 Å². The van der Waals surface area contributed by atoms with E-state index in [1.807, 2.05) is 0 Å². The molecule has 0 amide bonds. The Morgan fingerprint density at radius 3 is 2.00 bits per heavy atom. The van der Waals surface area contributed by atoms with Crippen LogP contribution in [0.25, 0.3) is 0 Å². The molecular formula is C17H32Si. The van der Waals surface area contributed by atoms with Gasteiger partial charge in [-0.05, 0) is 43.4 Å². The Labute approximate surface area is 116 Å². The Hall–Kier alpha value is -0.0431. The number of hydrogen-bond donors (Lipinski definition) is 0. The lowest BCUT2D eigenvalue weighted by Gasteiger charge is -2.37. The van der Waals surface area contributed by atoms with Crippen LogP contribution in [0.5, 0.6) is 0 Å². The first-order chi connectivity index (χ1) is 8.83. The molecule has 0 aromatic heterocycles. The molecule has 0 aliphatic heterocycles. The van der Waals surface area contributed by atoms with Crippen LogP contribution in [0.2, 0.25) is 11.6 Å². The summed E-state index contributed by atoms with van der Waals surface area (Å²) in [4.78, 5) is 0. The first-order valence-corrected chi connectivity index (χ1v) is 10.3. The minimum absolute atomic E-state index is 0.289. The zero-order valence-electron chi connectivity index (χ0n) is 12.4. The fourth-order valence-corrected chi connectivity index (χ4v) is 6.33. The Bertz CT molecular complexity index is 232. The van der Waals surface area contributed by atoms with Crippen LogP contribution >= 0.6 is 0 Å². The summed E-state index contributed by atoms with van der Waals surface area (Å²) in [6.07, 6.45) is 15.8. The zero-order chi connectivity index (χ0) is 12.8. The second-order valence-corrected chi connectivity index (χ2v) is 9.27. The van der Waals surface area contributed by atoms with E-state index in [4.69, 9.17) is 0 Å². The monoisotopic (exact) mass is 264 g/mol. The summed E-state index contributed by atoms with van der Waals surface area (Å²) in [5, 5.41) is 0. The van der Waals surface area contributed by atoms with E-state index in [0.717, 1.165) is 17.8 Å². The van der Waals surface area contributed by atoms with Crippen molar-refractivity contribution in [3.8, 4) is 0 Å². The van der Waals surface area contributed by atoms with Crippen molar-refractivity contribution in [3.05, 3.63) is 12.7 Å². The van der Waals surface area contributed by atoms with Crippen molar-refractivity contribution in [3.63, 3.8) is 0 Å². The standard InChI is InChI=1S/C17H32Si/c1-3-13-18-17-11-9-16(10-12-17)15-7-5-14(4-2)6-8-15/h4,14-17H,2-3,5-13,18H2,1H3. The van der Waals surface area contributed by atoms with E-state index in [1.54, 1.807) is 31.7 Å². The van der Waals surface area contributed by atoms with Gasteiger partial charge in [-0.15, -0.1) is 6.58 Å². The van der Waals surface area contributed by atoms with Gasteiger partial charge < -0.3 is 0 Å². The largest absolute Gasteiger partial charge is 0.103 e. The maximum Gasteiger partial charge on any atom is 0.0231 e. The molecule has 0 radical (unpaired) electrons. The van der Waals surface area contributed by atoms with Gasteiger partial charge in [-0.25, -0.2) is 0 Å². The molecule has 0 aromatic carbocycles. The molecule has 2 aliphatic carbocycles. The van der Waals surface area contributed by atoms with Crippen LogP contribution in [-0.4, -0.2) is 9.52 Å². The van der Waals surface area contributed by atoms with Gasteiger partial charge in [0.25, 0.3) is 0 Å². The lowest BCUT2D eigenvalue weighted by atomic mass is 9.71. The maximum absolute atomic E-state index is 3.96. The van der Waals surface area contributed by atoms with Crippen LogP contribution in [-0.2, 0) is 0 Å². The summed E-state index contributed by atoms with van der Waals surface area (Å²) in [5.41, 5.74) is 1.21. The molecule has 0 spiro atoms. The number of hydrogen-bond acceptors (Lipinski definition) is 0. The highest BCUT2D eigenvalue weighted by molar-refractivity contribution is 6.37. The van der Waals surface area contributed by atoms with Gasteiger partial charge in [0.1, 0.15) is 0 Å². The third kappa shape index (κ3) is 3.98. The van der Waals surface area contributed by atoms with E-state index in [0.29, 0.717) is 0 Å². The molecule has 0 unspecified atom stereocenters. The third-order valence-corrected chi connectivity index (χ3v) is 8.42. The van der Waals surface area contributed by atoms with Crippen molar-refractivity contribution in [2.75, 3.05) is 0 Å². The van der Waals surface area contributed by atoms with Crippen LogP contribution in [0.1, 0.15) is 64.7 Å². The summed E-state index contributed by atoms with van der Waals surface area (Å²) in [6, 6.07) is 1.60. The van der Waals surface area contributed by atoms with Crippen LogP contribution < -0.4 is 0 Å². The molecule has 1 heteroatoms. The molecule has 0 heterocycles. The highest BCUT2D eigenvalue weighted by Gasteiger charge is 2.29. The quantitative estimate of drug-likeness (QED) is 0.486. The molecule has 0 aromatic rings. The summed E-state index contributed by atoms with van der Waals surface area (Å²) in [7, 11) is 0.289. The predicted octanol–water partition coefficient (Wildman–Crippen LogP) is 4.95. The number of allylic oxidation sites excluding steroid dienone is 1. The first-order valence-electron chi connectivity index (χ1n) is 8.46. The van der Waals surface area contributed by atoms with Crippen LogP contribution in [0, 0.1) is 17.8 Å². The Kier molecular flexibility index (Phi) is 6.00. The van der Waals surface area contributed by atoms with Crippen LogP contribution in [0.15, 0.2) is 12.7 Å². The number of rotatable bonds is 5. The zero-order valence-corrected chi connectivity index (χ0v) is 13.8. The fraction of sp³-hybridized carbons (Fsp3) is 0.882. The van der Waals surface area contributed by atoms with Crippen molar-refractivity contribution in [2.45, 2.75) is 76.3 Å². The average Bonchev–Trinajstić information content (AvgIpc) is 2.46. The van der Waals surface area contributed by atoms with E-state index in [2.05, 4.69) is 19.6 Å². The molecular weight excluding hydrogens is 232 g/mol. The third-order valence-electron chi connectivity index (χ3n) is 5.67. The fourth-order valence-electron chi connectivity index (χ4n) is 4.29. The Morgan fingerprint density at radius 2 is 1.50 bits per heavy atom. The van der Waals surface area contributed by atoms with Crippen molar-refractivity contribution < 1.29 is 0 Å². The van der Waals surface area contributed by atoms with Gasteiger partial charge in [0.2, 0.25) is 0 Å². The Morgan fingerprint density at radius 1 is 0.944 bits per heavy atom. The van der Waals surface area contributed by atoms with E-state index < -0.39 is 0 Å². The van der Waals surface area contributed by atoms with E-state index in [1.165, 1.54) is 37.6 Å². The highest BCUT2D eigenvalue weighted by Crippen LogP contribution is 2.42. The van der Waals surface area contributed by atoms with Gasteiger partial charge in [0.15, 0.2) is 0 Å². The van der Waals surface area contributed by atoms with E-state index in [9.17, 15) is 0 Å². The second kappa shape index (κ2) is 7.52. The summed E-state index contributed by atoms with van der Waals surface area (Å²) < 4.78 is 0. The van der Waals surface area contributed by atoms with Crippen molar-refractivity contribution in [1.29, 1.82) is 0 Å². The summed E-state index contributed by atoms with van der Waals surface area (Å²) in [5.74, 6) is 3.02. The molecule has 2 aliphatic rings.